The molecule has 0 saturated heterocycles. The number of amides is 1. The van der Waals surface area contributed by atoms with Crippen LogP contribution in [-0.2, 0) is 16.1 Å². The first-order chi connectivity index (χ1) is 16.4. The topological polar surface area (TPSA) is 141 Å². The molecule has 0 spiro atoms. The van der Waals surface area contributed by atoms with Crippen LogP contribution in [0, 0.1) is 0 Å². The lowest BCUT2D eigenvalue weighted by molar-refractivity contribution is -0.121. The molecule has 0 fully saturated rings. The third kappa shape index (κ3) is 5.56. The molecule has 0 aliphatic heterocycles. The Labute approximate surface area is 196 Å². The molecular formula is C24H30N4O6. The van der Waals surface area contributed by atoms with Crippen molar-refractivity contribution >= 4 is 34.4 Å². The SMILES string of the molecule is CCCCCN(C(=O)COC(=O)c1cc2ccccc2o1)c1c(N)n(CCCC)c(=O)[nH]c1=O. The molecule has 2 heterocycles. The molecule has 0 unspecified atom stereocenters. The molecule has 182 valence electrons. The Bertz CT molecular complexity index is 1240. The zero-order chi connectivity index (χ0) is 24.7. The second-order valence-corrected chi connectivity index (χ2v) is 7.98. The number of fused-ring (bicyclic) bond motifs is 1. The van der Waals surface area contributed by atoms with E-state index in [1.54, 1.807) is 18.2 Å². The summed E-state index contributed by atoms with van der Waals surface area (Å²) >= 11 is 0. The second kappa shape index (κ2) is 11.4. The molecule has 10 nitrogen and oxygen atoms in total. The fraction of sp³-hybridized carbons (Fsp3) is 0.417. The Morgan fingerprint density at radius 2 is 1.85 bits per heavy atom. The van der Waals surface area contributed by atoms with Gasteiger partial charge in [-0.1, -0.05) is 51.3 Å². The van der Waals surface area contributed by atoms with E-state index in [1.165, 1.54) is 15.5 Å². The van der Waals surface area contributed by atoms with Gasteiger partial charge in [-0.2, -0.15) is 0 Å². The lowest BCUT2D eigenvalue weighted by atomic mass is 10.2. The van der Waals surface area contributed by atoms with Crippen LogP contribution in [0.4, 0.5) is 11.5 Å². The minimum Gasteiger partial charge on any atom is -0.450 e. The van der Waals surface area contributed by atoms with Crippen molar-refractivity contribution in [3.8, 4) is 0 Å². The number of hydrogen-bond acceptors (Lipinski definition) is 7. The Balaban J connectivity index is 1.84. The van der Waals surface area contributed by atoms with Gasteiger partial charge in [0.25, 0.3) is 11.5 Å². The van der Waals surface area contributed by atoms with Crippen LogP contribution in [0.3, 0.4) is 0 Å². The van der Waals surface area contributed by atoms with E-state index in [4.69, 9.17) is 14.9 Å². The highest BCUT2D eigenvalue weighted by Crippen LogP contribution is 2.21. The number of nitrogens with two attached hydrogens (primary N) is 1. The van der Waals surface area contributed by atoms with Crippen molar-refractivity contribution in [3.05, 3.63) is 56.9 Å². The third-order valence-corrected chi connectivity index (χ3v) is 5.46. The summed E-state index contributed by atoms with van der Waals surface area (Å²) in [4.78, 5) is 53.9. The second-order valence-electron chi connectivity index (χ2n) is 7.98. The summed E-state index contributed by atoms with van der Waals surface area (Å²) in [7, 11) is 0. The first-order valence-corrected chi connectivity index (χ1v) is 11.5. The van der Waals surface area contributed by atoms with Gasteiger partial charge in [0.15, 0.2) is 12.3 Å². The van der Waals surface area contributed by atoms with E-state index in [9.17, 15) is 19.2 Å². The Morgan fingerprint density at radius 1 is 1.12 bits per heavy atom. The van der Waals surface area contributed by atoms with Gasteiger partial charge < -0.3 is 19.8 Å². The third-order valence-electron chi connectivity index (χ3n) is 5.46. The number of aromatic nitrogens is 2. The van der Waals surface area contributed by atoms with Crippen molar-refractivity contribution in [2.24, 2.45) is 0 Å². The largest absolute Gasteiger partial charge is 0.450 e. The summed E-state index contributed by atoms with van der Waals surface area (Å²) < 4.78 is 11.9. The predicted molar refractivity (Wildman–Crippen MR) is 129 cm³/mol. The van der Waals surface area contributed by atoms with Gasteiger partial charge in [-0.25, -0.2) is 9.59 Å². The number of nitrogens with zero attached hydrogens (tertiary/aromatic N) is 2. The number of hydrogen-bond donors (Lipinski definition) is 2. The highest BCUT2D eigenvalue weighted by atomic mass is 16.5. The van der Waals surface area contributed by atoms with E-state index in [2.05, 4.69) is 4.98 Å². The molecule has 0 saturated carbocycles. The number of ether oxygens (including phenoxy) is 1. The fourth-order valence-electron chi connectivity index (χ4n) is 3.62. The number of nitrogen functional groups attached to an aromatic ring is 1. The first-order valence-electron chi connectivity index (χ1n) is 11.5. The van der Waals surface area contributed by atoms with Crippen molar-refractivity contribution in [2.75, 3.05) is 23.8 Å². The van der Waals surface area contributed by atoms with Gasteiger partial charge in [-0.15, -0.1) is 0 Å². The van der Waals surface area contributed by atoms with Crippen LogP contribution in [0.15, 0.2) is 44.3 Å². The molecule has 0 bridgehead atoms. The number of aromatic amines is 1. The van der Waals surface area contributed by atoms with E-state index < -0.39 is 29.7 Å². The summed E-state index contributed by atoms with van der Waals surface area (Å²) in [6.45, 7) is 3.85. The molecule has 1 amide bonds. The molecule has 1 aromatic carbocycles. The first kappa shape index (κ1) is 24.8. The number of benzene rings is 1. The lowest BCUT2D eigenvalue weighted by Gasteiger charge is -2.24. The molecule has 0 atom stereocenters. The van der Waals surface area contributed by atoms with Crippen molar-refractivity contribution < 1.29 is 18.7 Å². The number of carbonyl (C=O) groups excluding carboxylic acids is 2. The number of esters is 1. The number of nitrogens with one attached hydrogen (secondary N) is 1. The van der Waals surface area contributed by atoms with Gasteiger partial charge in [-0.3, -0.25) is 19.1 Å². The van der Waals surface area contributed by atoms with E-state index in [0.29, 0.717) is 25.0 Å². The minimum absolute atomic E-state index is 0.0305. The van der Waals surface area contributed by atoms with Crippen LogP contribution in [0.2, 0.25) is 0 Å². The summed E-state index contributed by atoms with van der Waals surface area (Å²) in [6, 6.07) is 8.63. The normalized spacial score (nSPS) is 11.0. The van der Waals surface area contributed by atoms with E-state index in [0.717, 1.165) is 24.6 Å². The van der Waals surface area contributed by atoms with E-state index in [1.807, 2.05) is 19.9 Å². The maximum absolute atomic E-state index is 13.1. The van der Waals surface area contributed by atoms with Crippen LogP contribution < -0.4 is 21.9 Å². The Morgan fingerprint density at radius 3 is 2.56 bits per heavy atom. The molecule has 0 radical (unpaired) electrons. The molecular weight excluding hydrogens is 440 g/mol. The van der Waals surface area contributed by atoms with Crippen molar-refractivity contribution in [2.45, 2.75) is 52.5 Å². The average molecular weight is 471 g/mol. The van der Waals surface area contributed by atoms with Crippen LogP contribution in [0.1, 0.15) is 56.5 Å². The maximum atomic E-state index is 13.1. The van der Waals surface area contributed by atoms with Crippen LogP contribution in [0.25, 0.3) is 11.0 Å². The quantitative estimate of drug-likeness (QED) is 0.324. The van der Waals surface area contributed by atoms with Gasteiger partial charge in [0.2, 0.25) is 5.76 Å². The van der Waals surface area contributed by atoms with Crippen molar-refractivity contribution in [1.82, 2.24) is 9.55 Å². The number of rotatable bonds is 11. The van der Waals surface area contributed by atoms with E-state index in [-0.39, 0.29) is 23.8 Å². The molecule has 2 aromatic heterocycles. The summed E-state index contributed by atoms with van der Waals surface area (Å²) in [5.41, 5.74) is 5.21. The smallest absolute Gasteiger partial charge is 0.374 e. The molecule has 0 aliphatic carbocycles. The molecule has 34 heavy (non-hydrogen) atoms. The number of para-hydroxylation sites is 1. The van der Waals surface area contributed by atoms with Gasteiger partial charge >= 0.3 is 11.7 Å². The molecule has 0 aliphatic rings. The van der Waals surface area contributed by atoms with Gasteiger partial charge in [0.1, 0.15) is 11.4 Å². The van der Waals surface area contributed by atoms with Crippen LogP contribution in [-0.4, -0.2) is 34.6 Å². The molecule has 3 aromatic rings. The highest BCUT2D eigenvalue weighted by Gasteiger charge is 2.25. The number of H-pyrrole nitrogens is 1. The Hall–Kier alpha value is -3.82. The maximum Gasteiger partial charge on any atom is 0.374 e. The standard InChI is InChI=1S/C24H30N4O6/c1-3-5-9-13-27(20-21(25)28(12-6-4-2)24(32)26-22(20)30)19(29)15-33-23(31)18-14-16-10-7-8-11-17(16)34-18/h7-8,10-11,14H,3-6,9,12-13,15,25H2,1-2H3,(H,26,30,32). The van der Waals surface area contributed by atoms with Gasteiger partial charge in [0, 0.05) is 18.5 Å². The number of unbranched alkanes of at least 4 members (excludes halogenated alkanes) is 3. The van der Waals surface area contributed by atoms with Crippen LogP contribution >= 0.6 is 0 Å². The highest BCUT2D eigenvalue weighted by molar-refractivity contribution is 5.99. The molecule has 3 rings (SSSR count). The lowest BCUT2D eigenvalue weighted by Crippen LogP contribution is -2.43. The van der Waals surface area contributed by atoms with Gasteiger partial charge in [-0.05, 0) is 25.0 Å². The van der Waals surface area contributed by atoms with Crippen molar-refractivity contribution in [3.63, 3.8) is 0 Å². The number of anilines is 2. The monoisotopic (exact) mass is 470 g/mol. The molecule has 3 N–H and O–H groups in total. The average Bonchev–Trinajstić information content (AvgIpc) is 3.25. The minimum atomic E-state index is -0.798. The number of furan rings is 1. The van der Waals surface area contributed by atoms with Crippen LogP contribution in [0.5, 0.6) is 0 Å². The van der Waals surface area contributed by atoms with Gasteiger partial charge in [0.05, 0.1) is 0 Å². The van der Waals surface area contributed by atoms with E-state index >= 15 is 0 Å². The zero-order valence-electron chi connectivity index (χ0n) is 19.5. The summed E-state index contributed by atoms with van der Waals surface area (Å²) in [5.74, 6) is -1.54. The zero-order valence-corrected chi connectivity index (χ0v) is 19.5. The summed E-state index contributed by atoms with van der Waals surface area (Å²) in [5, 5.41) is 0.732. The number of carbonyl (C=O) groups is 2. The Kier molecular flexibility index (Phi) is 8.29. The molecule has 10 heteroatoms. The predicted octanol–water partition coefficient (Wildman–Crippen LogP) is 3.05. The summed E-state index contributed by atoms with van der Waals surface area (Å²) in [6.07, 6.45) is 3.80. The van der Waals surface area contributed by atoms with Crippen molar-refractivity contribution in [1.29, 1.82) is 0 Å². The fourth-order valence-corrected chi connectivity index (χ4v) is 3.62.